The fourth-order valence-electron chi connectivity index (χ4n) is 1.95. The number of benzene rings is 2. The molecule has 2 amide bonds. The molecule has 2 rings (SSSR count). The number of amides is 2. The maximum Gasteiger partial charge on any atom is 0.573 e. The quantitative estimate of drug-likeness (QED) is 0.708. The van der Waals surface area contributed by atoms with Gasteiger partial charge in [0.25, 0.3) is 0 Å². The lowest BCUT2D eigenvalue weighted by Crippen LogP contribution is -2.22. The fourth-order valence-corrected chi connectivity index (χ4v) is 2.16. The van der Waals surface area contributed by atoms with Crippen molar-refractivity contribution in [2.45, 2.75) is 6.36 Å². The summed E-state index contributed by atoms with van der Waals surface area (Å²) in [7, 11) is 0. The van der Waals surface area contributed by atoms with Gasteiger partial charge >= 0.3 is 6.36 Å². The van der Waals surface area contributed by atoms with Crippen molar-refractivity contribution in [1.29, 1.82) is 0 Å². The molecule has 0 spiro atoms. The van der Waals surface area contributed by atoms with Crippen molar-refractivity contribution in [2.24, 2.45) is 5.73 Å². The second-order valence-electron chi connectivity index (χ2n) is 5.03. The number of halogens is 4. The summed E-state index contributed by atoms with van der Waals surface area (Å²) < 4.78 is 40.0. The van der Waals surface area contributed by atoms with Crippen molar-refractivity contribution in [3.05, 3.63) is 53.1 Å². The van der Waals surface area contributed by atoms with Gasteiger partial charge in [-0.2, -0.15) is 0 Å². The predicted octanol–water partition coefficient (Wildman–Crippen LogP) is 3.39. The molecule has 0 saturated carbocycles. The summed E-state index contributed by atoms with van der Waals surface area (Å²) in [4.78, 5) is 23.1. The van der Waals surface area contributed by atoms with Crippen LogP contribution in [0.25, 0.3) is 0 Å². The number of carbonyl (C=O) groups excluding carboxylic acids is 2. The Balaban J connectivity index is 1.91. The van der Waals surface area contributed by atoms with E-state index in [4.69, 9.17) is 17.3 Å². The molecule has 0 unspecified atom stereocenters. The minimum atomic E-state index is -4.78. The van der Waals surface area contributed by atoms with Gasteiger partial charge in [-0.05, 0) is 42.5 Å². The summed E-state index contributed by atoms with van der Waals surface area (Å²) in [5.74, 6) is -1.55. The van der Waals surface area contributed by atoms with Crippen LogP contribution in [-0.2, 0) is 4.79 Å². The topological polar surface area (TPSA) is 93.5 Å². The number of carbonyl (C=O) groups is 2. The number of rotatable bonds is 6. The minimum Gasteiger partial charge on any atom is -0.406 e. The third kappa shape index (κ3) is 5.85. The minimum absolute atomic E-state index is 0.109. The van der Waals surface area contributed by atoms with Crippen LogP contribution in [0.15, 0.2) is 42.5 Å². The zero-order chi connectivity index (χ0) is 19.3. The third-order valence-electron chi connectivity index (χ3n) is 3.06. The summed E-state index contributed by atoms with van der Waals surface area (Å²) in [6, 6.07) is 9.12. The van der Waals surface area contributed by atoms with E-state index in [0.717, 1.165) is 12.1 Å². The van der Waals surface area contributed by atoms with Crippen molar-refractivity contribution >= 4 is 34.8 Å². The molecule has 26 heavy (non-hydrogen) atoms. The molecule has 0 radical (unpaired) electrons. The zero-order valence-electron chi connectivity index (χ0n) is 13.1. The normalized spacial score (nSPS) is 10.9. The van der Waals surface area contributed by atoms with E-state index in [1.807, 2.05) is 0 Å². The first-order valence-electron chi connectivity index (χ1n) is 7.13. The Morgan fingerprint density at radius 1 is 1.08 bits per heavy atom. The number of hydrogen-bond acceptors (Lipinski definition) is 4. The first-order valence-corrected chi connectivity index (χ1v) is 7.51. The Hall–Kier alpha value is -2.94. The second-order valence-corrected chi connectivity index (χ2v) is 5.44. The number of anilines is 2. The van der Waals surface area contributed by atoms with Gasteiger partial charge in [0.2, 0.25) is 11.8 Å². The van der Waals surface area contributed by atoms with Crippen LogP contribution in [0.2, 0.25) is 5.02 Å². The van der Waals surface area contributed by atoms with Gasteiger partial charge in [-0.1, -0.05) is 11.6 Å². The number of hydrogen-bond donors (Lipinski definition) is 3. The SMILES string of the molecule is NC(=O)c1cc(NCC(=O)Nc2ccc(OC(F)(F)F)cc2)ccc1Cl. The standard InChI is InChI=1S/C16H13ClF3N3O3/c17-13-6-3-10(7-12(13)15(21)25)22-8-14(24)23-9-1-4-11(5-2-9)26-16(18,19)20/h1-7,22H,8H2,(H2,21,25)(H,23,24). The van der Waals surface area contributed by atoms with E-state index in [0.29, 0.717) is 11.4 Å². The highest BCUT2D eigenvalue weighted by Gasteiger charge is 2.30. The summed E-state index contributed by atoms with van der Waals surface area (Å²) in [6.45, 7) is -0.152. The van der Waals surface area contributed by atoms with Crippen LogP contribution < -0.4 is 21.1 Å². The van der Waals surface area contributed by atoms with E-state index in [-0.39, 0.29) is 17.1 Å². The van der Waals surface area contributed by atoms with Crippen LogP contribution >= 0.6 is 11.6 Å². The van der Waals surface area contributed by atoms with E-state index in [9.17, 15) is 22.8 Å². The molecule has 0 fully saturated rings. The van der Waals surface area contributed by atoms with Crippen LogP contribution in [0.1, 0.15) is 10.4 Å². The molecule has 0 atom stereocenters. The van der Waals surface area contributed by atoms with Crippen molar-refractivity contribution < 1.29 is 27.5 Å². The van der Waals surface area contributed by atoms with E-state index < -0.39 is 23.9 Å². The molecule has 6 nitrogen and oxygen atoms in total. The lowest BCUT2D eigenvalue weighted by molar-refractivity contribution is -0.274. The van der Waals surface area contributed by atoms with Gasteiger partial charge in [0, 0.05) is 11.4 Å². The van der Waals surface area contributed by atoms with Crippen LogP contribution in [0, 0.1) is 0 Å². The molecule has 2 aromatic rings. The molecule has 2 aromatic carbocycles. The van der Waals surface area contributed by atoms with E-state index >= 15 is 0 Å². The Labute approximate surface area is 151 Å². The monoisotopic (exact) mass is 387 g/mol. The molecule has 10 heteroatoms. The molecular formula is C16H13ClF3N3O3. The molecule has 0 heterocycles. The first kappa shape index (κ1) is 19.4. The van der Waals surface area contributed by atoms with E-state index in [1.54, 1.807) is 6.07 Å². The van der Waals surface area contributed by atoms with Gasteiger partial charge in [-0.3, -0.25) is 9.59 Å². The van der Waals surface area contributed by atoms with Gasteiger partial charge in [-0.15, -0.1) is 13.2 Å². The molecule has 0 aliphatic rings. The molecule has 0 aliphatic carbocycles. The molecule has 0 bridgehead atoms. The maximum atomic E-state index is 12.1. The summed E-state index contributed by atoms with van der Waals surface area (Å²) in [6.07, 6.45) is -4.78. The highest BCUT2D eigenvalue weighted by atomic mass is 35.5. The molecule has 0 aromatic heterocycles. The number of nitrogens with two attached hydrogens (primary N) is 1. The van der Waals surface area contributed by atoms with Crippen LogP contribution in [0.5, 0.6) is 5.75 Å². The number of primary amides is 1. The predicted molar refractivity (Wildman–Crippen MR) is 90.2 cm³/mol. The van der Waals surface area contributed by atoms with Crippen molar-refractivity contribution in [2.75, 3.05) is 17.2 Å². The molecule has 138 valence electrons. The lowest BCUT2D eigenvalue weighted by atomic mass is 10.2. The fraction of sp³-hybridized carbons (Fsp3) is 0.125. The van der Waals surface area contributed by atoms with Crippen LogP contribution in [0.4, 0.5) is 24.5 Å². The molecule has 4 N–H and O–H groups in total. The van der Waals surface area contributed by atoms with Crippen LogP contribution in [-0.4, -0.2) is 24.7 Å². The molecule has 0 saturated heterocycles. The number of ether oxygens (including phenoxy) is 1. The second kappa shape index (κ2) is 7.96. The summed E-state index contributed by atoms with van der Waals surface area (Å²) in [5, 5.41) is 5.46. The van der Waals surface area contributed by atoms with Gasteiger partial charge in [0.15, 0.2) is 0 Å². The Morgan fingerprint density at radius 3 is 2.27 bits per heavy atom. The number of alkyl halides is 3. The van der Waals surface area contributed by atoms with E-state index in [2.05, 4.69) is 15.4 Å². The van der Waals surface area contributed by atoms with Gasteiger partial charge in [-0.25, -0.2) is 0 Å². The lowest BCUT2D eigenvalue weighted by Gasteiger charge is -2.11. The smallest absolute Gasteiger partial charge is 0.406 e. The number of nitrogens with one attached hydrogen (secondary N) is 2. The Kier molecular flexibility index (Phi) is 5.93. The van der Waals surface area contributed by atoms with Gasteiger partial charge in [0.05, 0.1) is 17.1 Å². The highest BCUT2D eigenvalue weighted by molar-refractivity contribution is 6.33. The Morgan fingerprint density at radius 2 is 1.69 bits per heavy atom. The van der Waals surface area contributed by atoms with Crippen molar-refractivity contribution in [3.8, 4) is 5.75 Å². The van der Waals surface area contributed by atoms with Crippen molar-refractivity contribution in [1.82, 2.24) is 0 Å². The van der Waals surface area contributed by atoms with Crippen molar-refractivity contribution in [3.63, 3.8) is 0 Å². The average molecular weight is 388 g/mol. The van der Waals surface area contributed by atoms with Gasteiger partial charge < -0.3 is 21.1 Å². The Bertz CT molecular complexity index is 811. The summed E-state index contributed by atoms with van der Waals surface area (Å²) >= 11 is 5.83. The van der Waals surface area contributed by atoms with Crippen LogP contribution in [0.3, 0.4) is 0 Å². The molecule has 0 aliphatic heterocycles. The van der Waals surface area contributed by atoms with Gasteiger partial charge in [0.1, 0.15) is 5.75 Å². The largest absolute Gasteiger partial charge is 0.573 e. The van der Waals surface area contributed by atoms with E-state index in [1.165, 1.54) is 24.3 Å². The third-order valence-corrected chi connectivity index (χ3v) is 3.39. The summed E-state index contributed by atoms with van der Waals surface area (Å²) in [5.41, 5.74) is 6.03. The first-order chi connectivity index (χ1) is 12.1. The molecular weight excluding hydrogens is 375 g/mol. The maximum absolute atomic E-state index is 12.1. The zero-order valence-corrected chi connectivity index (χ0v) is 13.8. The average Bonchev–Trinajstić information content (AvgIpc) is 2.54. The highest BCUT2D eigenvalue weighted by Crippen LogP contribution is 2.24.